The summed E-state index contributed by atoms with van der Waals surface area (Å²) in [5.41, 5.74) is 5.08. The number of rotatable bonds is 14. The lowest BCUT2D eigenvalue weighted by Crippen LogP contribution is -1.96. The SMILES string of the molecule is C.C=C(C)CCCCCCCCCc1ccc(COCC(=C)C)cc1. The van der Waals surface area contributed by atoms with Crippen LogP contribution in [0.5, 0.6) is 0 Å². The van der Waals surface area contributed by atoms with Gasteiger partial charge in [-0.05, 0) is 50.7 Å². The molecule has 0 saturated carbocycles. The number of allylic oxidation sites excluding steroid dienone is 1. The largest absolute Gasteiger partial charge is 0.372 e. The van der Waals surface area contributed by atoms with Gasteiger partial charge in [0.15, 0.2) is 0 Å². The number of ether oxygens (including phenoxy) is 1. The molecule has 0 aliphatic carbocycles. The molecule has 0 heterocycles. The predicted octanol–water partition coefficient (Wildman–Crippen LogP) is 7.65. The fourth-order valence-electron chi connectivity index (χ4n) is 2.79. The van der Waals surface area contributed by atoms with Crippen molar-refractivity contribution in [3.8, 4) is 0 Å². The minimum Gasteiger partial charge on any atom is -0.372 e. The average Bonchev–Trinajstić information content (AvgIpc) is 2.54. The average molecular weight is 345 g/mol. The molecule has 0 radical (unpaired) electrons. The van der Waals surface area contributed by atoms with Crippen molar-refractivity contribution in [2.75, 3.05) is 6.61 Å². The van der Waals surface area contributed by atoms with E-state index in [1.165, 1.54) is 74.5 Å². The van der Waals surface area contributed by atoms with Crippen molar-refractivity contribution in [3.05, 3.63) is 59.7 Å². The van der Waals surface area contributed by atoms with Crippen LogP contribution >= 0.6 is 0 Å². The maximum Gasteiger partial charge on any atom is 0.0721 e. The molecule has 1 aromatic rings. The molecule has 0 bridgehead atoms. The maximum atomic E-state index is 5.58. The smallest absolute Gasteiger partial charge is 0.0721 e. The van der Waals surface area contributed by atoms with Crippen LogP contribution in [0, 0.1) is 0 Å². The molecule has 0 spiro atoms. The molecule has 0 atom stereocenters. The Morgan fingerprint density at radius 3 is 1.84 bits per heavy atom. The Labute approximate surface area is 157 Å². The summed E-state index contributed by atoms with van der Waals surface area (Å²) in [7, 11) is 0. The highest BCUT2D eigenvalue weighted by atomic mass is 16.5. The maximum absolute atomic E-state index is 5.58. The van der Waals surface area contributed by atoms with Crippen LogP contribution in [0.1, 0.15) is 83.8 Å². The Kier molecular flexibility index (Phi) is 14.2. The number of unbranched alkanes of at least 4 members (excludes halogenated alkanes) is 6. The van der Waals surface area contributed by atoms with Crippen molar-refractivity contribution >= 4 is 0 Å². The van der Waals surface area contributed by atoms with Crippen LogP contribution in [0.25, 0.3) is 0 Å². The number of hydrogen-bond acceptors (Lipinski definition) is 1. The lowest BCUT2D eigenvalue weighted by atomic mass is 10.0. The van der Waals surface area contributed by atoms with Crippen LogP contribution in [-0.2, 0) is 17.8 Å². The van der Waals surface area contributed by atoms with E-state index >= 15 is 0 Å². The normalized spacial score (nSPS) is 10.3. The summed E-state index contributed by atoms with van der Waals surface area (Å²) in [6.07, 6.45) is 11.9. The van der Waals surface area contributed by atoms with Crippen LogP contribution in [0.2, 0.25) is 0 Å². The van der Waals surface area contributed by atoms with Crippen LogP contribution in [0.15, 0.2) is 48.6 Å². The molecule has 0 unspecified atom stereocenters. The standard InChI is InChI=1S/C23H36O.CH4/c1-20(2)12-10-8-6-5-7-9-11-13-22-14-16-23(17-15-22)19-24-18-21(3)4;/h14-17H,1,3,5-13,18-19H2,2,4H3;1H4. The van der Waals surface area contributed by atoms with Gasteiger partial charge >= 0.3 is 0 Å². The summed E-state index contributed by atoms with van der Waals surface area (Å²) in [5, 5.41) is 0. The number of benzene rings is 1. The highest BCUT2D eigenvalue weighted by Crippen LogP contribution is 2.13. The highest BCUT2D eigenvalue weighted by Gasteiger charge is 1.97. The van der Waals surface area contributed by atoms with Crippen LogP contribution in [-0.4, -0.2) is 6.61 Å². The van der Waals surface area contributed by atoms with Gasteiger partial charge in [0, 0.05) is 0 Å². The second-order valence-corrected chi connectivity index (χ2v) is 7.20. The molecular weight excluding hydrogens is 304 g/mol. The van der Waals surface area contributed by atoms with E-state index in [0.717, 1.165) is 5.57 Å². The van der Waals surface area contributed by atoms with E-state index in [9.17, 15) is 0 Å². The van der Waals surface area contributed by atoms with Gasteiger partial charge in [-0.3, -0.25) is 0 Å². The first-order chi connectivity index (χ1) is 11.6. The van der Waals surface area contributed by atoms with Crippen molar-refractivity contribution in [2.24, 2.45) is 0 Å². The van der Waals surface area contributed by atoms with E-state index in [1.54, 1.807) is 0 Å². The predicted molar refractivity (Wildman–Crippen MR) is 113 cm³/mol. The van der Waals surface area contributed by atoms with E-state index in [2.05, 4.69) is 44.3 Å². The second kappa shape index (κ2) is 15.0. The van der Waals surface area contributed by atoms with Gasteiger partial charge in [-0.15, -0.1) is 6.58 Å². The summed E-state index contributed by atoms with van der Waals surface area (Å²) < 4.78 is 5.58. The summed E-state index contributed by atoms with van der Waals surface area (Å²) >= 11 is 0. The fraction of sp³-hybridized carbons (Fsp3) is 0.583. The Morgan fingerprint density at radius 1 is 0.760 bits per heavy atom. The molecule has 1 nitrogen and oxygen atoms in total. The molecule has 25 heavy (non-hydrogen) atoms. The Balaban J connectivity index is 0.00000576. The zero-order valence-corrected chi connectivity index (χ0v) is 15.9. The van der Waals surface area contributed by atoms with Crippen LogP contribution in [0.4, 0.5) is 0 Å². The van der Waals surface area contributed by atoms with Crippen LogP contribution in [0.3, 0.4) is 0 Å². The Morgan fingerprint density at radius 2 is 1.28 bits per heavy atom. The molecule has 142 valence electrons. The third-order valence-electron chi connectivity index (χ3n) is 4.21. The van der Waals surface area contributed by atoms with E-state index in [0.29, 0.717) is 13.2 Å². The van der Waals surface area contributed by atoms with Crippen molar-refractivity contribution in [1.29, 1.82) is 0 Å². The molecule has 0 aliphatic heterocycles. The first-order valence-electron chi connectivity index (χ1n) is 9.52. The third kappa shape index (κ3) is 13.6. The topological polar surface area (TPSA) is 9.23 Å². The van der Waals surface area contributed by atoms with Crippen molar-refractivity contribution < 1.29 is 4.74 Å². The fourth-order valence-corrected chi connectivity index (χ4v) is 2.79. The van der Waals surface area contributed by atoms with Gasteiger partial charge in [0.2, 0.25) is 0 Å². The minimum absolute atomic E-state index is 0. The third-order valence-corrected chi connectivity index (χ3v) is 4.21. The molecule has 0 N–H and O–H groups in total. The molecule has 0 aliphatic rings. The number of aryl methyl sites for hydroxylation is 1. The molecule has 0 fully saturated rings. The van der Waals surface area contributed by atoms with E-state index in [-0.39, 0.29) is 7.43 Å². The van der Waals surface area contributed by atoms with Crippen molar-refractivity contribution in [1.82, 2.24) is 0 Å². The number of hydrogen-bond donors (Lipinski definition) is 0. The zero-order valence-electron chi connectivity index (χ0n) is 15.9. The monoisotopic (exact) mass is 344 g/mol. The summed E-state index contributed by atoms with van der Waals surface area (Å²) in [6.45, 7) is 13.3. The molecule has 1 aromatic carbocycles. The van der Waals surface area contributed by atoms with Crippen molar-refractivity contribution in [3.63, 3.8) is 0 Å². The quantitative estimate of drug-likeness (QED) is 0.249. The Hall–Kier alpha value is -1.34. The van der Waals surface area contributed by atoms with Gasteiger partial charge in [0.25, 0.3) is 0 Å². The zero-order chi connectivity index (χ0) is 17.6. The first kappa shape index (κ1) is 23.7. The Bertz CT molecular complexity index is 469. The van der Waals surface area contributed by atoms with Crippen molar-refractivity contribution in [2.45, 2.75) is 85.7 Å². The van der Waals surface area contributed by atoms with Gasteiger partial charge < -0.3 is 4.74 Å². The molecule has 0 amide bonds. The van der Waals surface area contributed by atoms with E-state index in [4.69, 9.17) is 4.74 Å². The molecule has 1 rings (SSSR count). The molecular formula is C24H40O. The van der Waals surface area contributed by atoms with Gasteiger partial charge in [-0.2, -0.15) is 0 Å². The first-order valence-corrected chi connectivity index (χ1v) is 9.52. The molecule has 0 aromatic heterocycles. The van der Waals surface area contributed by atoms with E-state index in [1.807, 2.05) is 6.92 Å². The minimum atomic E-state index is 0. The summed E-state index contributed by atoms with van der Waals surface area (Å²) in [6, 6.07) is 8.87. The van der Waals surface area contributed by atoms with Gasteiger partial charge in [0.05, 0.1) is 13.2 Å². The summed E-state index contributed by atoms with van der Waals surface area (Å²) in [4.78, 5) is 0. The lowest BCUT2D eigenvalue weighted by molar-refractivity contribution is 0.143. The van der Waals surface area contributed by atoms with Gasteiger partial charge in [0.1, 0.15) is 0 Å². The molecule has 0 saturated heterocycles. The lowest BCUT2D eigenvalue weighted by Gasteiger charge is -2.06. The second-order valence-electron chi connectivity index (χ2n) is 7.20. The van der Waals surface area contributed by atoms with Gasteiger partial charge in [-0.1, -0.05) is 81.5 Å². The molecule has 1 heteroatoms. The highest BCUT2D eigenvalue weighted by molar-refractivity contribution is 5.22. The summed E-state index contributed by atoms with van der Waals surface area (Å²) in [5.74, 6) is 0. The van der Waals surface area contributed by atoms with Gasteiger partial charge in [-0.25, -0.2) is 0 Å². The van der Waals surface area contributed by atoms with E-state index < -0.39 is 0 Å². The van der Waals surface area contributed by atoms with Crippen LogP contribution < -0.4 is 0 Å².